The first-order valence-electron chi connectivity index (χ1n) is 6.71. The molecule has 0 aliphatic heterocycles. The fraction of sp³-hybridized carbons (Fsp3) is 0.294. The van der Waals surface area contributed by atoms with E-state index >= 15 is 0 Å². The van der Waals surface area contributed by atoms with Gasteiger partial charge < -0.3 is 0 Å². The SMILES string of the molecule is CCCCc1ccc(Cc2cccc(Cl)c2F)cc1. The summed E-state index contributed by atoms with van der Waals surface area (Å²) >= 11 is 5.79. The van der Waals surface area contributed by atoms with Crippen molar-refractivity contribution in [2.24, 2.45) is 0 Å². The van der Waals surface area contributed by atoms with E-state index < -0.39 is 0 Å². The van der Waals surface area contributed by atoms with Gasteiger partial charge in [-0.05, 0) is 35.6 Å². The van der Waals surface area contributed by atoms with Crippen LogP contribution >= 0.6 is 11.6 Å². The van der Waals surface area contributed by atoms with Crippen LogP contribution in [0.4, 0.5) is 4.39 Å². The van der Waals surface area contributed by atoms with Gasteiger partial charge in [0.25, 0.3) is 0 Å². The molecule has 0 atom stereocenters. The molecule has 0 N–H and O–H groups in total. The van der Waals surface area contributed by atoms with Crippen molar-refractivity contribution in [1.82, 2.24) is 0 Å². The summed E-state index contributed by atoms with van der Waals surface area (Å²) in [6.45, 7) is 2.19. The van der Waals surface area contributed by atoms with Crippen LogP contribution in [0.15, 0.2) is 42.5 Å². The molecule has 0 bridgehead atoms. The average Bonchev–Trinajstić information content (AvgIpc) is 2.43. The number of aryl methyl sites for hydroxylation is 1. The number of hydrogen-bond acceptors (Lipinski definition) is 0. The molecule has 19 heavy (non-hydrogen) atoms. The number of rotatable bonds is 5. The minimum atomic E-state index is -0.306. The zero-order valence-corrected chi connectivity index (χ0v) is 11.9. The third-order valence-corrected chi connectivity index (χ3v) is 3.56. The highest BCUT2D eigenvalue weighted by Gasteiger charge is 2.06. The summed E-state index contributed by atoms with van der Waals surface area (Å²) in [4.78, 5) is 0. The molecule has 2 aromatic carbocycles. The monoisotopic (exact) mass is 276 g/mol. The Bertz CT molecular complexity index is 531. The van der Waals surface area contributed by atoms with Gasteiger partial charge in [-0.15, -0.1) is 0 Å². The molecule has 100 valence electrons. The van der Waals surface area contributed by atoms with E-state index in [0.29, 0.717) is 12.0 Å². The molecule has 0 aromatic heterocycles. The van der Waals surface area contributed by atoms with Gasteiger partial charge in [0, 0.05) is 6.42 Å². The molecular formula is C17H18ClF. The second-order valence-electron chi connectivity index (χ2n) is 4.81. The van der Waals surface area contributed by atoms with Gasteiger partial charge >= 0.3 is 0 Å². The highest BCUT2D eigenvalue weighted by atomic mass is 35.5. The maximum Gasteiger partial charge on any atom is 0.145 e. The van der Waals surface area contributed by atoms with Crippen molar-refractivity contribution in [3.63, 3.8) is 0 Å². The van der Waals surface area contributed by atoms with Gasteiger partial charge in [0.05, 0.1) is 5.02 Å². The lowest BCUT2D eigenvalue weighted by molar-refractivity contribution is 0.614. The average molecular weight is 277 g/mol. The van der Waals surface area contributed by atoms with Gasteiger partial charge in [0.15, 0.2) is 0 Å². The van der Waals surface area contributed by atoms with E-state index in [1.54, 1.807) is 18.2 Å². The van der Waals surface area contributed by atoms with Crippen molar-refractivity contribution in [2.45, 2.75) is 32.6 Å². The van der Waals surface area contributed by atoms with Crippen LogP contribution < -0.4 is 0 Å². The summed E-state index contributed by atoms with van der Waals surface area (Å²) in [6.07, 6.45) is 4.11. The summed E-state index contributed by atoms with van der Waals surface area (Å²) in [5.41, 5.74) is 3.10. The molecule has 0 fully saturated rings. The van der Waals surface area contributed by atoms with Crippen molar-refractivity contribution in [2.75, 3.05) is 0 Å². The molecule has 0 nitrogen and oxygen atoms in total. The molecule has 0 unspecified atom stereocenters. The zero-order valence-electron chi connectivity index (χ0n) is 11.1. The Balaban J connectivity index is 2.09. The molecule has 0 saturated heterocycles. The van der Waals surface area contributed by atoms with Crippen molar-refractivity contribution >= 4 is 11.6 Å². The molecule has 0 saturated carbocycles. The minimum Gasteiger partial charge on any atom is -0.205 e. The lowest BCUT2D eigenvalue weighted by atomic mass is 10.0. The Kier molecular flexibility index (Phi) is 4.98. The van der Waals surface area contributed by atoms with Crippen LogP contribution in [0.5, 0.6) is 0 Å². The van der Waals surface area contributed by atoms with Crippen LogP contribution in [0.1, 0.15) is 36.5 Å². The minimum absolute atomic E-state index is 0.192. The highest BCUT2D eigenvalue weighted by molar-refractivity contribution is 6.30. The van der Waals surface area contributed by atoms with Crippen LogP contribution in [-0.4, -0.2) is 0 Å². The lowest BCUT2D eigenvalue weighted by Gasteiger charge is -2.06. The summed E-state index contributed by atoms with van der Waals surface area (Å²) in [7, 11) is 0. The smallest absolute Gasteiger partial charge is 0.145 e. The highest BCUT2D eigenvalue weighted by Crippen LogP contribution is 2.20. The normalized spacial score (nSPS) is 10.7. The molecule has 0 spiro atoms. The Labute approximate surface area is 119 Å². The van der Waals surface area contributed by atoms with Crippen molar-refractivity contribution in [3.05, 3.63) is 70.0 Å². The summed E-state index contributed by atoms with van der Waals surface area (Å²) in [5, 5.41) is 0.192. The van der Waals surface area contributed by atoms with E-state index in [1.165, 1.54) is 18.4 Å². The maximum atomic E-state index is 13.8. The zero-order chi connectivity index (χ0) is 13.7. The lowest BCUT2D eigenvalue weighted by Crippen LogP contribution is -1.94. The Morgan fingerprint density at radius 2 is 1.68 bits per heavy atom. The van der Waals surface area contributed by atoms with Crippen molar-refractivity contribution in [3.8, 4) is 0 Å². The first-order chi connectivity index (χ1) is 9.20. The van der Waals surface area contributed by atoms with E-state index in [0.717, 1.165) is 12.0 Å². The summed E-state index contributed by atoms with van der Waals surface area (Å²) < 4.78 is 13.8. The van der Waals surface area contributed by atoms with E-state index in [1.807, 2.05) is 0 Å². The maximum absolute atomic E-state index is 13.8. The number of hydrogen-bond donors (Lipinski definition) is 0. The Hall–Kier alpha value is -1.34. The third kappa shape index (κ3) is 3.81. The van der Waals surface area contributed by atoms with Gasteiger partial charge in [-0.3, -0.25) is 0 Å². The predicted molar refractivity (Wildman–Crippen MR) is 79.3 cm³/mol. The van der Waals surface area contributed by atoms with Crippen LogP contribution in [0, 0.1) is 5.82 Å². The first kappa shape index (κ1) is 14.1. The van der Waals surface area contributed by atoms with E-state index in [-0.39, 0.29) is 10.8 Å². The molecule has 2 rings (SSSR count). The second-order valence-corrected chi connectivity index (χ2v) is 5.22. The van der Waals surface area contributed by atoms with E-state index in [4.69, 9.17) is 11.6 Å². The van der Waals surface area contributed by atoms with Gasteiger partial charge in [-0.1, -0.05) is 61.3 Å². The number of unbranched alkanes of at least 4 members (excludes halogenated alkanes) is 1. The van der Waals surface area contributed by atoms with Gasteiger partial charge in [0.2, 0.25) is 0 Å². The van der Waals surface area contributed by atoms with Crippen molar-refractivity contribution in [1.29, 1.82) is 0 Å². The summed E-state index contributed by atoms with van der Waals surface area (Å²) in [5.74, 6) is -0.306. The fourth-order valence-electron chi connectivity index (χ4n) is 2.11. The standard InChI is InChI=1S/C17H18ClF/c1-2-3-5-13-8-10-14(11-9-13)12-15-6-4-7-16(18)17(15)19/h4,6-11H,2-3,5,12H2,1H3. The van der Waals surface area contributed by atoms with Crippen LogP contribution in [0.25, 0.3) is 0 Å². The molecule has 0 radical (unpaired) electrons. The van der Waals surface area contributed by atoms with Gasteiger partial charge in [0.1, 0.15) is 5.82 Å². The van der Waals surface area contributed by atoms with E-state index in [9.17, 15) is 4.39 Å². The fourth-order valence-corrected chi connectivity index (χ4v) is 2.30. The summed E-state index contributed by atoms with van der Waals surface area (Å²) in [6, 6.07) is 13.6. The number of halogens is 2. The molecular weight excluding hydrogens is 259 g/mol. The molecule has 0 aliphatic carbocycles. The van der Waals surface area contributed by atoms with Crippen LogP contribution in [-0.2, 0) is 12.8 Å². The van der Waals surface area contributed by atoms with E-state index in [2.05, 4.69) is 31.2 Å². The number of benzene rings is 2. The quantitative estimate of drug-likeness (QED) is 0.685. The Morgan fingerprint density at radius 3 is 2.37 bits per heavy atom. The van der Waals surface area contributed by atoms with Crippen LogP contribution in [0.2, 0.25) is 5.02 Å². The first-order valence-corrected chi connectivity index (χ1v) is 7.09. The second kappa shape index (κ2) is 6.72. The topological polar surface area (TPSA) is 0 Å². The van der Waals surface area contributed by atoms with Crippen molar-refractivity contribution < 1.29 is 4.39 Å². The predicted octanol–water partition coefficient (Wildman–Crippen LogP) is 5.41. The molecule has 0 amide bonds. The Morgan fingerprint density at radius 1 is 1.00 bits per heavy atom. The third-order valence-electron chi connectivity index (χ3n) is 3.27. The van der Waals surface area contributed by atoms with Gasteiger partial charge in [-0.2, -0.15) is 0 Å². The molecule has 2 aromatic rings. The molecule has 2 heteroatoms. The molecule has 0 aliphatic rings. The largest absolute Gasteiger partial charge is 0.205 e. The van der Waals surface area contributed by atoms with Crippen LogP contribution in [0.3, 0.4) is 0 Å². The van der Waals surface area contributed by atoms with Gasteiger partial charge in [-0.25, -0.2) is 4.39 Å². The molecule has 0 heterocycles.